The third-order valence-electron chi connectivity index (χ3n) is 3.87. The summed E-state index contributed by atoms with van der Waals surface area (Å²) in [6.45, 7) is 7.12. The molecule has 1 fully saturated rings. The fourth-order valence-electron chi connectivity index (χ4n) is 2.47. The number of aromatic nitrogens is 2. The first kappa shape index (κ1) is 16.5. The largest absolute Gasteiger partial charge is 0.369 e. The number of carbonyl (C=O) groups excluding carboxylic acids is 2. The van der Waals surface area contributed by atoms with Crippen molar-refractivity contribution >= 4 is 11.8 Å². The lowest BCUT2D eigenvalue weighted by Crippen LogP contribution is -2.44. The van der Waals surface area contributed by atoms with E-state index in [-0.39, 0.29) is 23.1 Å². The van der Waals surface area contributed by atoms with Gasteiger partial charge in [-0.15, -0.1) is 0 Å². The number of likely N-dealkylation sites (tertiary alicyclic amines) is 1. The summed E-state index contributed by atoms with van der Waals surface area (Å²) in [6, 6.07) is 0. The predicted octanol–water partition coefficient (Wildman–Crippen LogP) is 1.02. The highest BCUT2D eigenvalue weighted by molar-refractivity contribution is 5.80. The van der Waals surface area contributed by atoms with Crippen molar-refractivity contribution in [2.45, 2.75) is 51.9 Å². The summed E-state index contributed by atoms with van der Waals surface area (Å²) in [6.07, 6.45) is 2.29. The second kappa shape index (κ2) is 6.46. The molecule has 1 aliphatic heterocycles. The number of aryl methyl sites for hydroxylation is 1. The van der Waals surface area contributed by atoms with Crippen LogP contribution in [0, 0.1) is 5.92 Å². The predicted molar refractivity (Wildman–Crippen MR) is 79.8 cm³/mol. The molecule has 7 heteroatoms. The van der Waals surface area contributed by atoms with Crippen molar-refractivity contribution in [2.24, 2.45) is 11.7 Å². The zero-order valence-corrected chi connectivity index (χ0v) is 13.5. The molecule has 1 aliphatic rings. The average Bonchev–Trinajstić information content (AvgIpc) is 2.94. The first-order valence-corrected chi connectivity index (χ1v) is 7.67. The van der Waals surface area contributed by atoms with E-state index < -0.39 is 0 Å². The van der Waals surface area contributed by atoms with Gasteiger partial charge in [0.15, 0.2) is 5.82 Å². The van der Waals surface area contributed by atoms with Crippen LogP contribution in [0.2, 0.25) is 0 Å². The molecule has 2 amide bonds. The second-order valence-corrected chi connectivity index (χ2v) is 6.84. The van der Waals surface area contributed by atoms with Crippen LogP contribution in [-0.4, -0.2) is 39.9 Å². The van der Waals surface area contributed by atoms with E-state index in [2.05, 4.69) is 10.1 Å². The highest BCUT2D eigenvalue weighted by Crippen LogP contribution is 2.20. The van der Waals surface area contributed by atoms with Gasteiger partial charge in [0.25, 0.3) is 0 Å². The third-order valence-corrected chi connectivity index (χ3v) is 3.87. The van der Waals surface area contributed by atoms with Crippen molar-refractivity contribution in [1.82, 2.24) is 15.0 Å². The van der Waals surface area contributed by atoms with Crippen LogP contribution >= 0.6 is 0 Å². The van der Waals surface area contributed by atoms with Crippen LogP contribution in [0.4, 0.5) is 0 Å². The van der Waals surface area contributed by atoms with Crippen LogP contribution in [0.25, 0.3) is 0 Å². The van der Waals surface area contributed by atoms with Crippen LogP contribution in [0.1, 0.15) is 51.7 Å². The Bertz CT molecular complexity index is 547. The molecule has 7 nitrogen and oxygen atoms in total. The molecular formula is C15H24N4O3. The van der Waals surface area contributed by atoms with Crippen molar-refractivity contribution in [3.63, 3.8) is 0 Å². The van der Waals surface area contributed by atoms with E-state index in [1.807, 2.05) is 20.8 Å². The smallest absolute Gasteiger partial charge is 0.227 e. The number of nitrogens with zero attached hydrogens (tertiary/aromatic N) is 3. The molecule has 122 valence electrons. The molecule has 0 radical (unpaired) electrons. The van der Waals surface area contributed by atoms with Crippen molar-refractivity contribution in [3.8, 4) is 0 Å². The number of amides is 2. The van der Waals surface area contributed by atoms with Crippen LogP contribution < -0.4 is 5.73 Å². The summed E-state index contributed by atoms with van der Waals surface area (Å²) >= 11 is 0. The Hall–Kier alpha value is -1.92. The molecule has 0 bridgehead atoms. The summed E-state index contributed by atoms with van der Waals surface area (Å²) in [4.78, 5) is 29.5. The molecule has 1 aromatic heterocycles. The maximum absolute atomic E-state index is 12.2. The van der Waals surface area contributed by atoms with Gasteiger partial charge in [-0.2, -0.15) is 4.98 Å². The van der Waals surface area contributed by atoms with Crippen molar-refractivity contribution < 1.29 is 14.1 Å². The summed E-state index contributed by atoms with van der Waals surface area (Å²) in [7, 11) is 0. The molecule has 22 heavy (non-hydrogen) atoms. The summed E-state index contributed by atoms with van der Waals surface area (Å²) in [5.74, 6) is 0.558. The first-order chi connectivity index (χ1) is 10.3. The summed E-state index contributed by atoms with van der Waals surface area (Å²) in [5, 5.41) is 3.94. The third kappa shape index (κ3) is 4.05. The quantitative estimate of drug-likeness (QED) is 0.894. The van der Waals surface area contributed by atoms with Crippen LogP contribution in [0.15, 0.2) is 4.52 Å². The SMILES string of the molecule is CC(C)(C)c1noc(CCC(=O)N2CCCC(C(N)=O)C2)n1. The van der Waals surface area contributed by atoms with Gasteiger partial charge in [0.1, 0.15) is 0 Å². The van der Waals surface area contributed by atoms with E-state index in [0.717, 1.165) is 12.8 Å². The number of hydrogen-bond acceptors (Lipinski definition) is 5. The molecule has 2 heterocycles. The van der Waals surface area contributed by atoms with Crippen LogP contribution in [0.5, 0.6) is 0 Å². The monoisotopic (exact) mass is 308 g/mol. The maximum atomic E-state index is 12.2. The molecule has 1 unspecified atom stereocenters. The zero-order valence-electron chi connectivity index (χ0n) is 13.5. The molecule has 0 spiro atoms. The molecule has 0 aliphatic carbocycles. The van der Waals surface area contributed by atoms with Crippen molar-refractivity contribution in [3.05, 3.63) is 11.7 Å². The molecular weight excluding hydrogens is 284 g/mol. The number of rotatable bonds is 4. The van der Waals surface area contributed by atoms with Gasteiger partial charge < -0.3 is 15.2 Å². The van der Waals surface area contributed by atoms with E-state index in [1.54, 1.807) is 4.90 Å². The highest BCUT2D eigenvalue weighted by Gasteiger charge is 2.27. The zero-order chi connectivity index (χ0) is 16.3. The van der Waals surface area contributed by atoms with E-state index in [0.29, 0.717) is 37.6 Å². The van der Waals surface area contributed by atoms with Crippen LogP contribution in [0.3, 0.4) is 0 Å². The van der Waals surface area contributed by atoms with Crippen molar-refractivity contribution in [2.75, 3.05) is 13.1 Å². The van der Waals surface area contributed by atoms with Gasteiger partial charge in [0, 0.05) is 31.3 Å². The minimum absolute atomic E-state index is 0.00135. The molecule has 1 saturated heterocycles. The Morgan fingerprint density at radius 1 is 1.41 bits per heavy atom. The number of nitrogens with two attached hydrogens (primary N) is 1. The van der Waals surface area contributed by atoms with Gasteiger partial charge in [-0.1, -0.05) is 25.9 Å². The number of primary amides is 1. The topological polar surface area (TPSA) is 102 Å². The number of carbonyl (C=O) groups is 2. The van der Waals surface area contributed by atoms with Gasteiger partial charge in [0.05, 0.1) is 5.92 Å². The molecule has 0 aromatic carbocycles. The first-order valence-electron chi connectivity index (χ1n) is 7.67. The number of piperidine rings is 1. The minimum Gasteiger partial charge on any atom is -0.369 e. The highest BCUT2D eigenvalue weighted by atomic mass is 16.5. The lowest BCUT2D eigenvalue weighted by molar-refractivity contribution is -0.135. The average molecular weight is 308 g/mol. The van der Waals surface area contributed by atoms with Gasteiger partial charge in [-0.3, -0.25) is 9.59 Å². The normalized spacial score (nSPS) is 19.2. The maximum Gasteiger partial charge on any atom is 0.227 e. The molecule has 2 rings (SSSR count). The second-order valence-electron chi connectivity index (χ2n) is 6.84. The van der Waals surface area contributed by atoms with E-state index >= 15 is 0 Å². The lowest BCUT2D eigenvalue weighted by atomic mass is 9.96. The Kier molecular flexibility index (Phi) is 4.83. The molecule has 1 aromatic rings. The van der Waals surface area contributed by atoms with E-state index in [9.17, 15) is 9.59 Å². The Balaban J connectivity index is 1.87. The fraction of sp³-hybridized carbons (Fsp3) is 0.733. The minimum atomic E-state index is -0.329. The number of hydrogen-bond donors (Lipinski definition) is 1. The Labute approximate surface area is 130 Å². The van der Waals surface area contributed by atoms with Gasteiger partial charge in [-0.25, -0.2) is 0 Å². The van der Waals surface area contributed by atoms with Crippen molar-refractivity contribution in [1.29, 1.82) is 0 Å². The van der Waals surface area contributed by atoms with Gasteiger partial charge in [-0.05, 0) is 12.8 Å². The Morgan fingerprint density at radius 2 is 2.14 bits per heavy atom. The lowest BCUT2D eigenvalue weighted by Gasteiger charge is -2.31. The van der Waals surface area contributed by atoms with E-state index in [1.165, 1.54) is 0 Å². The van der Waals surface area contributed by atoms with Gasteiger partial charge in [0.2, 0.25) is 17.7 Å². The molecule has 0 saturated carbocycles. The summed E-state index contributed by atoms with van der Waals surface area (Å²) < 4.78 is 5.18. The fourth-order valence-corrected chi connectivity index (χ4v) is 2.47. The molecule has 2 N–H and O–H groups in total. The molecule has 1 atom stereocenters. The summed E-state index contributed by atoms with van der Waals surface area (Å²) in [5.41, 5.74) is 5.15. The standard InChI is InChI=1S/C15H24N4O3/c1-15(2,3)14-17-11(22-18-14)6-7-12(20)19-8-4-5-10(9-19)13(16)21/h10H,4-9H2,1-3H3,(H2,16,21). The van der Waals surface area contributed by atoms with Crippen LogP contribution in [-0.2, 0) is 21.4 Å². The Morgan fingerprint density at radius 3 is 2.73 bits per heavy atom. The van der Waals surface area contributed by atoms with E-state index in [4.69, 9.17) is 10.3 Å². The van der Waals surface area contributed by atoms with Gasteiger partial charge >= 0.3 is 0 Å².